The minimum Gasteiger partial charge on any atom is -0.431 e. The Morgan fingerprint density at radius 3 is 2.58 bits per heavy atom. The molecule has 3 heterocycles. The Balaban J connectivity index is 1.46. The Bertz CT molecular complexity index is 406. The largest absolute Gasteiger partial charge is 0.431 e. The van der Waals surface area contributed by atoms with E-state index in [0.29, 0.717) is 12.6 Å². The summed E-state index contributed by atoms with van der Waals surface area (Å²) in [6.45, 7) is 5.87. The van der Waals surface area contributed by atoms with Gasteiger partial charge in [0.25, 0.3) is 6.01 Å². The van der Waals surface area contributed by atoms with Gasteiger partial charge in [0.05, 0.1) is 6.54 Å². The highest BCUT2D eigenvalue weighted by atomic mass is 16.4. The molecule has 0 atom stereocenters. The van der Waals surface area contributed by atoms with Crippen LogP contribution in [0.25, 0.3) is 0 Å². The lowest BCUT2D eigenvalue weighted by Gasteiger charge is -2.34. The molecule has 0 aromatic carbocycles. The van der Waals surface area contributed by atoms with Crippen molar-refractivity contribution in [3.05, 3.63) is 12.5 Å². The van der Waals surface area contributed by atoms with Gasteiger partial charge in [-0.1, -0.05) is 0 Å². The van der Waals surface area contributed by atoms with Crippen LogP contribution in [0, 0.1) is 6.20 Å². The van der Waals surface area contributed by atoms with Crippen LogP contribution >= 0.6 is 0 Å². The molecule has 0 unspecified atom stereocenters. The number of anilines is 1. The normalized spacial score (nSPS) is 21.1. The predicted molar refractivity (Wildman–Crippen MR) is 69.8 cm³/mol. The Kier molecular flexibility index (Phi) is 3.68. The smallest absolute Gasteiger partial charge is 0.297 e. The second-order valence-corrected chi connectivity index (χ2v) is 5.11. The van der Waals surface area contributed by atoms with Crippen LogP contribution in [0.5, 0.6) is 0 Å². The maximum atomic E-state index is 12.1. The van der Waals surface area contributed by atoms with Crippen molar-refractivity contribution in [2.24, 2.45) is 0 Å². The molecule has 1 aromatic rings. The van der Waals surface area contributed by atoms with Crippen LogP contribution in [0.2, 0.25) is 0 Å². The molecule has 2 saturated heterocycles. The lowest BCUT2D eigenvalue weighted by atomic mass is 10.3. The van der Waals surface area contributed by atoms with Gasteiger partial charge in [-0.05, 0) is 12.8 Å². The zero-order chi connectivity index (χ0) is 13.1. The van der Waals surface area contributed by atoms with Crippen molar-refractivity contribution < 1.29 is 9.21 Å². The van der Waals surface area contributed by atoms with Crippen molar-refractivity contribution >= 4 is 11.9 Å². The molecule has 19 heavy (non-hydrogen) atoms. The first-order valence-electron chi connectivity index (χ1n) is 6.89. The van der Waals surface area contributed by atoms with Crippen molar-refractivity contribution in [3.8, 4) is 0 Å². The SMILES string of the molecule is O=C(CN1CCN(c2n[c]co2)CC1)N1CCCC1. The Labute approximate surface area is 113 Å². The number of carbonyl (C=O) groups is 1. The molecular weight excluding hydrogens is 244 g/mol. The van der Waals surface area contributed by atoms with E-state index >= 15 is 0 Å². The maximum Gasteiger partial charge on any atom is 0.297 e. The van der Waals surface area contributed by atoms with Crippen LogP contribution < -0.4 is 4.90 Å². The summed E-state index contributed by atoms with van der Waals surface area (Å²) in [7, 11) is 0. The van der Waals surface area contributed by atoms with E-state index < -0.39 is 0 Å². The number of likely N-dealkylation sites (tertiary alicyclic amines) is 1. The van der Waals surface area contributed by atoms with Gasteiger partial charge in [-0.15, -0.1) is 0 Å². The molecule has 6 heteroatoms. The highest BCUT2D eigenvalue weighted by Gasteiger charge is 2.24. The van der Waals surface area contributed by atoms with E-state index in [1.165, 1.54) is 6.26 Å². The molecule has 1 radical (unpaired) electrons. The molecule has 6 nitrogen and oxygen atoms in total. The van der Waals surface area contributed by atoms with Crippen molar-refractivity contribution in [1.82, 2.24) is 14.8 Å². The molecule has 2 aliphatic heterocycles. The number of oxazole rings is 1. The zero-order valence-electron chi connectivity index (χ0n) is 11.0. The van der Waals surface area contributed by atoms with Crippen LogP contribution in [0.4, 0.5) is 6.01 Å². The zero-order valence-corrected chi connectivity index (χ0v) is 11.0. The summed E-state index contributed by atoms with van der Waals surface area (Å²) in [4.78, 5) is 22.4. The quantitative estimate of drug-likeness (QED) is 0.781. The summed E-state index contributed by atoms with van der Waals surface area (Å²) in [5.41, 5.74) is 0. The van der Waals surface area contributed by atoms with E-state index in [-0.39, 0.29) is 5.91 Å². The number of nitrogens with zero attached hydrogens (tertiary/aromatic N) is 4. The number of hydrogen-bond donors (Lipinski definition) is 0. The minimum absolute atomic E-state index is 0.274. The number of carbonyl (C=O) groups excluding carboxylic acids is 1. The van der Waals surface area contributed by atoms with Crippen LogP contribution in [0.1, 0.15) is 12.8 Å². The molecule has 1 aromatic heterocycles. The summed E-state index contributed by atoms with van der Waals surface area (Å²) in [6, 6.07) is 0.630. The predicted octanol–water partition coefficient (Wildman–Crippen LogP) is 0.219. The second-order valence-electron chi connectivity index (χ2n) is 5.11. The maximum absolute atomic E-state index is 12.1. The van der Waals surface area contributed by atoms with E-state index in [1.807, 2.05) is 4.90 Å². The molecule has 3 rings (SSSR count). The van der Waals surface area contributed by atoms with E-state index in [4.69, 9.17) is 4.42 Å². The van der Waals surface area contributed by atoms with Gasteiger partial charge in [-0.3, -0.25) is 9.69 Å². The van der Waals surface area contributed by atoms with Gasteiger partial charge < -0.3 is 14.2 Å². The molecule has 0 spiro atoms. The molecule has 2 fully saturated rings. The average molecular weight is 263 g/mol. The van der Waals surface area contributed by atoms with Crippen molar-refractivity contribution in [1.29, 1.82) is 0 Å². The molecule has 0 aliphatic carbocycles. The van der Waals surface area contributed by atoms with Gasteiger partial charge in [0.2, 0.25) is 5.91 Å². The van der Waals surface area contributed by atoms with Crippen molar-refractivity contribution in [2.75, 3.05) is 50.7 Å². The summed E-state index contributed by atoms with van der Waals surface area (Å²) >= 11 is 0. The molecule has 103 valence electrons. The van der Waals surface area contributed by atoms with Gasteiger partial charge in [0.1, 0.15) is 12.5 Å². The van der Waals surface area contributed by atoms with Gasteiger partial charge in [-0.2, -0.15) is 4.98 Å². The topological polar surface area (TPSA) is 52.8 Å². The minimum atomic E-state index is 0.274. The molecular formula is C13H19N4O2. The first-order valence-corrected chi connectivity index (χ1v) is 6.89. The van der Waals surface area contributed by atoms with Gasteiger partial charge in [0, 0.05) is 39.3 Å². The van der Waals surface area contributed by atoms with E-state index in [1.54, 1.807) is 0 Å². The first-order chi connectivity index (χ1) is 9.33. The van der Waals surface area contributed by atoms with Gasteiger partial charge in [0.15, 0.2) is 0 Å². The van der Waals surface area contributed by atoms with E-state index in [2.05, 4.69) is 21.0 Å². The van der Waals surface area contributed by atoms with Crippen LogP contribution in [-0.4, -0.2) is 66.5 Å². The third-order valence-electron chi connectivity index (χ3n) is 3.84. The highest BCUT2D eigenvalue weighted by Crippen LogP contribution is 2.13. The molecule has 0 N–H and O–H groups in total. The van der Waals surface area contributed by atoms with Crippen LogP contribution in [-0.2, 0) is 4.79 Å². The number of amides is 1. The van der Waals surface area contributed by atoms with Crippen molar-refractivity contribution in [2.45, 2.75) is 12.8 Å². The third-order valence-corrected chi connectivity index (χ3v) is 3.84. The van der Waals surface area contributed by atoms with Gasteiger partial charge >= 0.3 is 0 Å². The van der Waals surface area contributed by atoms with E-state index in [9.17, 15) is 4.79 Å². The average Bonchev–Trinajstić information content (AvgIpc) is 3.13. The summed E-state index contributed by atoms with van der Waals surface area (Å²) < 4.78 is 5.24. The number of aromatic nitrogens is 1. The van der Waals surface area contributed by atoms with Crippen molar-refractivity contribution in [3.63, 3.8) is 0 Å². The fourth-order valence-electron chi connectivity index (χ4n) is 2.69. The Hall–Kier alpha value is -1.56. The van der Waals surface area contributed by atoms with E-state index in [0.717, 1.165) is 52.1 Å². The number of piperazine rings is 1. The summed E-state index contributed by atoms with van der Waals surface area (Å²) in [5.74, 6) is 0.274. The second kappa shape index (κ2) is 5.61. The Morgan fingerprint density at radius 2 is 1.95 bits per heavy atom. The molecule has 0 bridgehead atoms. The molecule has 2 aliphatic rings. The molecule has 1 amide bonds. The monoisotopic (exact) mass is 263 g/mol. The lowest BCUT2D eigenvalue weighted by molar-refractivity contribution is -0.131. The Morgan fingerprint density at radius 1 is 1.21 bits per heavy atom. The highest BCUT2D eigenvalue weighted by molar-refractivity contribution is 5.78. The lowest BCUT2D eigenvalue weighted by Crippen LogP contribution is -2.50. The molecule has 0 saturated carbocycles. The number of hydrogen-bond acceptors (Lipinski definition) is 5. The fourth-order valence-corrected chi connectivity index (χ4v) is 2.69. The fraction of sp³-hybridized carbons (Fsp3) is 0.692. The first kappa shape index (κ1) is 12.5. The third kappa shape index (κ3) is 2.89. The summed E-state index contributed by atoms with van der Waals surface area (Å²) in [5, 5.41) is 0. The number of rotatable bonds is 3. The van der Waals surface area contributed by atoms with Gasteiger partial charge in [-0.25, -0.2) is 0 Å². The van der Waals surface area contributed by atoms with Crippen LogP contribution in [0.3, 0.4) is 0 Å². The summed E-state index contributed by atoms with van der Waals surface area (Å²) in [6.07, 6.45) is 6.45. The van der Waals surface area contributed by atoms with Crippen LogP contribution in [0.15, 0.2) is 10.7 Å². The standard InChI is InChI=1S/C13H19N4O2/c18-12(16-4-1-2-5-16)11-15-6-8-17(9-7-15)13-14-3-10-19-13/h10H,1-2,4-9,11H2.